The lowest BCUT2D eigenvalue weighted by atomic mass is 9.89. The first-order valence-corrected chi connectivity index (χ1v) is 9.56. The number of carbonyl (C=O) groups is 1. The van der Waals surface area contributed by atoms with Gasteiger partial charge in [-0.2, -0.15) is 0 Å². The van der Waals surface area contributed by atoms with Gasteiger partial charge in [0.2, 0.25) is 0 Å². The highest BCUT2D eigenvalue weighted by Gasteiger charge is 2.30. The van der Waals surface area contributed by atoms with E-state index in [9.17, 15) is 9.18 Å². The van der Waals surface area contributed by atoms with Gasteiger partial charge in [-0.05, 0) is 49.2 Å². The van der Waals surface area contributed by atoms with Gasteiger partial charge in [0, 0.05) is 21.4 Å². The number of benzene rings is 2. The van der Waals surface area contributed by atoms with Crippen LogP contribution in [0.3, 0.4) is 0 Å². The number of anilines is 1. The van der Waals surface area contributed by atoms with Crippen LogP contribution >= 0.6 is 35.0 Å². The number of rotatable bonds is 3. The number of hydrogen-bond acceptors (Lipinski definition) is 4. The van der Waals surface area contributed by atoms with Gasteiger partial charge in [-0.3, -0.25) is 9.79 Å². The third-order valence-electron chi connectivity index (χ3n) is 4.16. The highest BCUT2D eigenvalue weighted by molar-refractivity contribution is 8.13. The first-order chi connectivity index (χ1) is 12.3. The quantitative estimate of drug-likeness (QED) is 0.741. The summed E-state index contributed by atoms with van der Waals surface area (Å²) in [6.45, 7) is 1.94. The maximum absolute atomic E-state index is 14.2. The number of aliphatic imine (C=N–C) groups is 1. The number of nitrogens with one attached hydrogen (secondary N) is 1. The molecule has 1 aliphatic heterocycles. The molecule has 1 aliphatic rings. The largest absolute Gasteiger partial charge is 0.379 e. The number of amides is 1. The van der Waals surface area contributed by atoms with E-state index >= 15 is 0 Å². The Bertz CT molecular complexity index is 886. The summed E-state index contributed by atoms with van der Waals surface area (Å²) in [6.07, 6.45) is 0.765. The van der Waals surface area contributed by atoms with Crippen molar-refractivity contribution in [2.45, 2.75) is 18.9 Å². The first-order valence-electron chi connectivity index (χ1n) is 7.82. The Morgan fingerprint density at radius 2 is 1.96 bits per heavy atom. The molecule has 8 heteroatoms. The van der Waals surface area contributed by atoms with E-state index in [1.54, 1.807) is 12.1 Å². The fourth-order valence-electron chi connectivity index (χ4n) is 2.73. The molecule has 1 amide bonds. The van der Waals surface area contributed by atoms with Crippen molar-refractivity contribution >= 4 is 51.7 Å². The van der Waals surface area contributed by atoms with Crippen LogP contribution in [0.2, 0.25) is 10.0 Å². The molecule has 0 bridgehead atoms. The molecule has 4 nitrogen and oxygen atoms in total. The molecular formula is C18H16Cl2FN3OS. The summed E-state index contributed by atoms with van der Waals surface area (Å²) in [5, 5.41) is 3.73. The van der Waals surface area contributed by atoms with Gasteiger partial charge in [0.15, 0.2) is 5.17 Å². The van der Waals surface area contributed by atoms with Gasteiger partial charge in [0.25, 0.3) is 5.91 Å². The molecule has 0 radical (unpaired) electrons. The number of nitrogens with zero attached hydrogens (tertiary/aromatic N) is 1. The van der Waals surface area contributed by atoms with Crippen molar-refractivity contribution in [2.75, 3.05) is 11.1 Å². The molecule has 1 unspecified atom stereocenters. The molecule has 0 saturated carbocycles. The van der Waals surface area contributed by atoms with Crippen molar-refractivity contribution in [3.05, 3.63) is 63.4 Å². The smallest absolute Gasteiger partial charge is 0.255 e. The van der Waals surface area contributed by atoms with Crippen LogP contribution < -0.4 is 11.1 Å². The van der Waals surface area contributed by atoms with E-state index in [0.29, 0.717) is 15.2 Å². The fourth-order valence-corrected chi connectivity index (χ4v) is 4.23. The minimum absolute atomic E-state index is 0.0665. The van der Waals surface area contributed by atoms with Crippen molar-refractivity contribution in [1.29, 1.82) is 0 Å². The first kappa shape index (κ1) is 19.0. The van der Waals surface area contributed by atoms with Crippen molar-refractivity contribution in [1.82, 2.24) is 0 Å². The summed E-state index contributed by atoms with van der Waals surface area (Å²) in [7, 11) is 0. The third-order valence-corrected chi connectivity index (χ3v) is 5.39. The normalized spacial score (nSPS) is 19.8. The Morgan fingerprint density at radius 1 is 1.27 bits per heavy atom. The molecule has 0 saturated heterocycles. The summed E-state index contributed by atoms with van der Waals surface area (Å²) >= 11 is 13.3. The van der Waals surface area contributed by atoms with E-state index in [4.69, 9.17) is 28.9 Å². The second-order valence-corrected chi connectivity index (χ2v) is 8.12. The van der Waals surface area contributed by atoms with Crippen LogP contribution in [-0.2, 0) is 5.54 Å². The van der Waals surface area contributed by atoms with Gasteiger partial charge in [0.1, 0.15) is 5.82 Å². The minimum atomic E-state index is -0.554. The maximum atomic E-state index is 14.2. The molecular weight excluding hydrogens is 396 g/mol. The zero-order valence-electron chi connectivity index (χ0n) is 13.9. The minimum Gasteiger partial charge on any atom is -0.379 e. The van der Waals surface area contributed by atoms with E-state index in [1.807, 2.05) is 6.92 Å². The molecule has 1 atom stereocenters. The van der Waals surface area contributed by atoms with Crippen LogP contribution in [0.25, 0.3) is 0 Å². The molecule has 3 N–H and O–H groups in total. The fraction of sp³-hybridized carbons (Fsp3) is 0.222. The van der Waals surface area contributed by atoms with E-state index < -0.39 is 17.3 Å². The standard InChI is InChI=1S/C18H16Cl2FN3OS/c1-18(4-5-26-17(22)24-18)11-2-3-14(21)15(8-11)23-16(25)10-6-12(19)9-13(20)7-10/h2-3,6-9H,4-5H2,1H3,(H2,22,24)(H,23,25). The van der Waals surface area contributed by atoms with Crippen LogP contribution in [0.1, 0.15) is 29.3 Å². The molecule has 2 aromatic carbocycles. The van der Waals surface area contributed by atoms with Crippen LogP contribution in [0.4, 0.5) is 10.1 Å². The monoisotopic (exact) mass is 411 g/mol. The molecule has 3 rings (SSSR count). The molecule has 26 heavy (non-hydrogen) atoms. The van der Waals surface area contributed by atoms with E-state index in [2.05, 4.69) is 10.3 Å². The highest BCUT2D eigenvalue weighted by atomic mass is 35.5. The van der Waals surface area contributed by atoms with Gasteiger partial charge < -0.3 is 11.1 Å². The molecule has 0 aromatic heterocycles. The summed E-state index contributed by atoms with van der Waals surface area (Å²) in [5.41, 5.74) is 6.38. The van der Waals surface area contributed by atoms with Crippen LogP contribution in [-0.4, -0.2) is 16.8 Å². The van der Waals surface area contributed by atoms with Crippen molar-refractivity contribution < 1.29 is 9.18 Å². The Morgan fingerprint density at radius 3 is 2.62 bits per heavy atom. The second kappa shape index (κ2) is 7.47. The number of thioether (sulfide) groups is 1. The summed E-state index contributed by atoms with van der Waals surface area (Å²) in [4.78, 5) is 16.9. The Hall–Kier alpha value is -1.76. The Kier molecular flexibility index (Phi) is 5.46. The van der Waals surface area contributed by atoms with Gasteiger partial charge >= 0.3 is 0 Å². The van der Waals surface area contributed by atoms with Gasteiger partial charge in [-0.15, -0.1) is 0 Å². The van der Waals surface area contributed by atoms with Crippen molar-refractivity contribution in [3.8, 4) is 0 Å². The Balaban J connectivity index is 1.91. The molecule has 2 aromatic rings. The predicted molar refractivity (Wildman–Crippen MR) is 107 cm³/mol. The van der Waals surface area contributed by atoms with Crippen LogP contribution in [0.5, 0.6) is 0 Å². The molecule has 1 heterocycles. The third kappa shape index (κ3) is 4.14. The summed E-state index contributed by atoms with van der Waals surface area (Å²) < 4.78 is 14.2. The predicted octanol–water partition coefficient (Wildman–Crippen LogP) is 5.05. The lowest BCUT2D eigenvalue weighted by molar-refractivity contribution is 0.102. The van der Waals surface area contributed by atoms with E-state index in [1.165, 1.54) is 36.0 Å². The van der Waals surface area contributed by atoms with Gasteiger partial charge in [-0.25, -0.2) is 4.39 Å². The average Bonchev–Trinajstić information content (AvgIpc) is 2.55. The van der Waals surface area contributed by atoms with Crippen LogP contribution in [0, 0.1) is 5.82 Å². The van der Waals surface area contributed by atoms with Gasteiger partial charge in [-0.1, -0.05) is 41.0 Å². The molecule has 0 spiro atoms. The SMILES string of the molecule is CC1(c2ccc(F)c(NC(=O)c3cc(Cl)cc(Cl)c3)c2)CCSC(N)=N1. The van der Waals surface area contributed by atoms with Crippen LogP contribution in [0.15, 0.2) is 41.4 Å². The molecule has 0 aliphatic carbocycles. The lowest BCUT2D eigenvalue weighted by Gasteiger charge is -2.30. The number of hydrogen-bond donors (Lipinski definition) is 2. The van der Waals surface area contributed by atoms with Gasteiger partial charge in [0.05, 0.1) is 11.2 Å². The number of amidine groups is 1. The van der Waals surface area contributed by atoms with Crippen molar-refractivity contribution in [2.24, 2.45) is 10.7 Å². The average molecular weight is 412 g/mol. The summed E-state index contributed by atoms with van der Waals surface area (Å²) in [5.74, 6) is -0.217. The Labute approximate surface area is 165 Å². The zero-order valence-corrected chi connectivity index (χ0v) is 16.2. The highest BCUT2D eigenvalue weighted by Crippen LogP contribution is 2.36. The molecule has 0 fully saturated rings. The maximum Gasteiger partial charge on any atom is 0.255 e. The number of halogens is 3. The topological polar surface area (TPSA) is 67.5 Å². The lowest BCUT2D eigenvalue weighted by Crippen LogP contribution is -2.29. The number of carbonyl (C=O) groups excluding carboxylic acids is 1. The van der Waals surface area contributed by atoms with E-state index in [0.717, 1.165) is 17.7 Å². The molecule has 136 valence electrons. The number of nitrogens with two attached hydrogens (primary N) is 1. The van der Waals surface area contributed by atoms with E-state index in [-0.39, 0.29) is 11.3 Å². The second-order valence-electron chi connectivity index (χ2n) is 6.13. The zero-order chi connectivity index (χ0) is 18.9. The summed E-state index contributed by atoms with van der Waals surface area (Å²) in [6, 6.07) is 9.02. The van der Waals surface area contributed by atoms with Crippen molar-refractivity contribution in [3.63, 3.8) is 0 Å².